The van der Waals surface area contributed by atoms with Crippen molar-refractivity contribution in [3.63, 3.8) is 0 Å². The number of aryl methyl sites for hydroxylation is 1. The molecule has 0 amide bonds. The fourth-order valence-corrected chi connectivity index (χ4v) is 1.57. The fourth-order valence-electron chi connectivity index (χ4n) is 1.57. The molecule has 0 fully saturated rings. The van der Waals surface area contributed by atoms with E-state index in [9.17, 15) is 14.9 Å². The van der Waals surface area contributed by atoms with Gasteiger partial charge in [0, 0.05) is 12.0 Å². The minimum Gasteiger partial charge on any atom is -0.476 e. The van der Waals surface area contributed by atoms with E-state index < -0.39 is 22.0 Å². The zero-order valence-electron chi connectivity index (χ0n) is 10.2. The molecule has 7 heteroatoms. The van der Waals surface area contributed by atoms with E-state index in [1.807, 2.05) is 0 Å². The molecule has 0 aliphatic rings. The lowest BCUT2D eigenvalue weighted by Gasteiger charge is -2.13. The quantitative estimate of drug-likeness (QED) is 0.642. The van der Waals surface area contributed by atoms with Gasteiger partial charge in [-0.15, -0.1) is 0 Å². The maximum Gasteiger partial charge on any atom is 0.361 e. The molecule has 94 valence electrons. The molecule has 17 heavy (non-hydrogen) atoms. The van der Waals surface area contributed by atoms with E-state index in [2.05, 4.69) is 5.10 Å². The van der Waals surface area contributed by atoms with E-state index >= 15 is 0 Å². The second-order valence-electron chi connectivity index (χ2n) is 4.67. The molecule has 1 aromatic rings. The number of rotatable bonds is 3. The number of nitrogens with zero attached hydrogens (tertiary/aromatic N) is 3. The van der Waals surface area contributed by atoms with Crippen LogP contribution in [0.25, 0.3) is 0 Å². The molecule has 1 heterocycles. The highest BCUT2D eigenvalue weighted by Crippen LogP contribution is 2.33. The summed E-state index contributed by atoms with van der Waals surface area (Å²) < 4.78 is 1.15. The maximum absolute atomic E-state index is 11.1. The van der Waals surface area contributed by atoms with E-state index in [-0.39, 0.29) is 17.9 Å². The molecule has 0 unspecified atom stereocenters. The van der Waals surface area contributed by atoms with Crippen molar-refractivity contribution in [2.75, 3.05) is 0 Å². The van der Waals surface area contributed by atoms with Gasteiger partial charge in [-0.2, -0.15) is 5.10 Å². The molecule has 0 radical (unpaired) electrons. The maximum atomic E-state index is 11.1. The predicted molar refractivity (Wildman–Crippen MR) is 60.2 cm³/mol. The molecule has 0 aliphatic carbocycles. The summed E-state index contributed by atoms with van der Waals surface area (Å²) in [5, 5.41) is 24.1. The first-order valence-corrected chi connectivity index (χ1v) is 5.19. The molecule has 1 aromatic heterocycles. The van der Waals surface area contributed by atoms with Crippen LogP contribution in [0.5, 0.6) is 0 Å². The Morgan fingerprint density at radius 3 is 2.35 bits per heavy atom. The molecular weight excluding hydrogens is 226 g/mol. The first kappa shape index (κ1) is 13.1. The fraction of sp³-hybridized carbons (Fsp3) is 0.600. The minimum atomic E-state index is -1.33. The number of aromatic carboxylic acids is 1. The minimum absolute atomic E-state index is 0.196. The van der Waals surface area contributed by atoms with Gasteiger partial charge in [0.15, 0.2) is 0 Å². The number of hydrogen-bond acceptors (Lipinski definition) is 4. The van der Waals surface area contributed by atoms with Crippen molar-refractivity contribution >= 4 is 11.7 Å². The number of carbonyl (C=O) groups is 1. The van der Waals surface area contributed by atoms with Gasteiger partial charge in [0.25, 0.3) is 0 Å². The average Bonchev–Trinajstić information content (AvgIpc) is 2.55. The van der Waals surface area contributed by atoms with E-state index in [0.717, 1.165) is 4.68 Å². The summed E-state index contributed by atoms with van der Waals surface area (Å²) in [7, 11) is 0. The third-order valence-corrected chi connectivity index (χ3v) is 2.32. The van der Waals surface area contributed by atoms with E-state index in [4.69, 9.17) is 5.11 Å². The summed E-state index contributed by atoms with van der Waals surface area (Å²) in [5.41, 5.74) is -1.15. The molecule has 0 spiro atoms. The first-order valence-electron chi connectivity index (χ1n) is 5.19. The van der Waals surface area contributed by atoms with Crippen molar-refractivity contribution in [2.24, 2.45) is 0 Å². The molecule has 0 atom stereocenters. The van der Waals surface area contributed by atoms with Crippen molar-refractivity contribution < 1.29 is 14.8 Å². The summed E-state index contributed by atoms with van der Waals surface area (Å²) in [4.78, 5) is 21.4. The summed E-state index contributed by atoms with van der Waals surface area (Å²) in [5.74, 6) is -1.33. The monoisotopic (exact) mass is 241 g/mol. The van der Waals surface area contributed by atoms with Gasteiger partial charge in [-0.25, -0.2) is 4.79 Å². The standard InChI is InChI=1S/C10H15N3O4/c1-5-12-7(9(14)15)6(13(16)17)8(11-12)10(2,3)4/h5H2,1-4H3,(H,14,15). The Hall–Kier alpha value is -1.92. The molecule has 0 aromatic carbocycles. The number of aromatic nitrogens is 2. The molecule has 0 saturated heterocycles. The zero-order chi connectivity index (χ0) is 13.4. The Morgan fingerprint density at radius 1 is 1.53 bits per heavy atom. The molecule has 0 bridgehead atoms. The highest BCUT2D eigenvalue weighted by atomic mass is 16.6. The summed E-state index contributed by atoms with van der Waals surface area (Å²) in [6, 6.07) is 0. The van der Waals surface area contributed by atoms with Crippen LogP contribution in [0, 0.1) is 10.1 Å². The summed E-state index contributed by atoms with van der Waals surface area (Å²) in [6.45, 7) is 7.24. The SMILES string of the molecule is CCn1nc(C(C)(C)C)c([N+](=O)[O-])c1C(=O)O. The van der Waals surface area contributed by atoms with E-state index in [0.29, 0.717) is 0 Å². The Bertz CT molecular complexity index is 471. The van der Waals surface area contributed by atoms with Gasteiger partial charge in [0.1, 0.15) is 5.69 Å². The number of nitro groups is 1. The molecule has 7 nitrogen and oxygen atoms in total. The Balaban J connectivity index is 3.64. The topological polar surface area (TPSA) is 98.3 Å². The van der Waals surface area contributed by atoms with Gasteiger partial charge < -0.3 is 5.11 Å². The lowest BCUT2D eigenvalue weighted by molar-refractivity contribution is -0.386. The van der Waals surface area contributed by atoms with Crippen LogP contribution in [0.1, 0.15) is 43.9 Å². The number of carboxylic acids is 1. The van der Waals surface area contributed by atoms with Crippen LogP contribution in [0.4, 0.5) is 5.69 Å². The van der Waals surface area contributed by atoms with Crippen LogP contribution in [0.2, 0.25) is 0 Å². The molecular formula is C10H15N3O4. The highest BCUT2D eigenvalue weighted by Gasteiger charge is 2.37. The Labute approximate surface area is 98.2 Å². The number of carboxylic acid groups (broad SMARTS) is 1. The normalized spacial score (nSPS) is 11.5. The first-order chi connectivity index (χ1) is 7.70. The Morgan fingerprint density at radius 2 is 2.06 bits per heavy atom. The second-order valence-corrected chi connectivity index (χ2v) is 4.67. The average molecular weight is 241 g/mol. The van der Waals surface area contributed by atoms with E-state index in [1.54, 1.807) is 27.7 Å². The van der Waals surface area contributed by atoms with Crippen molar-refractivity contribution in [3.8, 4) is 0 Å². The van der Waals surface area contributed by atoms with Crippen molar-refractivity contribution in [1.29, 1.82) is 0 Å². The summed E-state index contributed by atoms with van der Waals surface area (Å²) >= 11 is 0. The van der Waals surface area contributed by atoms with Gasteiger partial charge in [-0.1, -0.05) is 20.8 Å². The molecule has 0 saturated carbocycles. The van der Waals surface area contributed by atoms with Crippen LogP contribution >= 0.6 is 0 Å². The van der Waals surface area contributed by atoms with Gasteiger partial charge in [0.2, 0.25) is 5.69 Å². The molecule has 0 aliphatic heterocycles. The van der Waals surface area contributed by atoms with Crippen molar-refractivity contribution in [1.82, 2.24) is 9.78 Å². The predicted octanol–water partition coefficient (Wildman–Crippen LogP) is 1.81. The van der Waals surface area contributed by atoms with Gasteiger partial charge >= 0.3 is 11.7 Å². The molecule has 1 N–H and O–H groups in total. The van der Waals surface area contributed by atoms with Crippen LogP contribution < -0.4 is 0 Å². The lowest BCUT2D eigenvalue weighted by Crippen LogP contribution is -2.14. The zero-order valence-corrected chi connectivity index (χ0v) is 10.2. The highest BCUT2D eigenvalue weighted by molar-refractivity contribution is 5.91. The summed E-state index contributed by atoms with van der Waals surface area (Å²) in [6.07, 6.45) is 0. The Kier molecular flexibility index (Phi) is 3.21. The van der Waals surface area contributed by atoms with Crippen LogP contribution in [-0.4, -0.2) is 25.8 Å². The molecule has 1 rings (SSSR count). The van der Waals surface area contributed by atoms with Gasteiger partial charge in [0.05, 0.1) is 4.92 Å². The van der Waals surface area contributed by atoms with Crippen molar-refractivity contribution in [3.05, 3.63) is 21.5 Å². The van der Waals surface area contributed by atoms with Crippen molar-refractivity contribution in [2.45, 2.75) is 39.7 Å². The van der Waals surface area contributed by atoms with Gasteiger partial charge in [-0.05, 0) is 6.92 Å². The smallest absolute Gasteiger partial charge is 0.361 e. The lowest BCUT2D eigenvalue weighted by atomic mass is 9.91. The largest absolute Gasteiger partial charge is 0.476 e. The number of hydrogen-bond donors (Lipinski definition) is 1. The third kappa shape index (κ3) is 2.27. The van der Waals surface area contributed by atoms with Crippen LogP contribution in [-0.2, 0) is 12.0 Å². The third-order valence-electron chi connectivity index (χ3n) is 2.32. The van der Waals surface area contributed by atoms with E-state index in [1.165, 1.54) is 0 Å². The van der Waals surface area contributed by atoms with Gasteiger partial charge in [-0.3, -0.25) is 14.8 Å². The van der Waals surface area contributed by atoms with Crippen LogP contribution in [0.15, 0.2) is 0 Å². The second kappa shape index (κ2) is 4.15. The van der Waals surface area contributed by atoms with Crippen LogP contribution in [0.3, 0.4) is 0 Å².